The van der Waals surface area contributed by atoms with Crippen LogP contribution in [0.2, 0.25) is 0 Å². The summed E-state index contributed by atoms with van der Waals surface area (Å²) >= 11 is 5.11. The highest BCUT2D eigenvalue weighted by Gasteiger charge is 2.27. The lowest BCUT2D eigenvalue weighted by molar-refractivity contribution is -0.0328. The van der Waals surface area contributed by atoms with Crippen LogP contribution in [0.15, 0.2) is 18.2 Å². The first kappa shape index (κ1) is 13.5. The van der Waals surface area contributed by atoms with E-state index in [0.717, 1.165) is 16.6 Å². The normalized spacial score (nSPS) is 12.2. The van der Waals surface area contributed by atoms with Gasteiger partial charge in [0.2, 0.25) is 0 Å². The lowest BCUT2D eigenvalue weighted by Gasteiger charge is -2.08. The van der Waals surface area contributed by atoms with Crippen LogP contribution in [0.1, 0.15) is 5.56 Å². The number of halogens is 3. The zero-order chi connectivity index (χ0) is 13.3. The summed E-state index contributed by atoms with van der Waals surface area (Å²) in [6, 6.07) is 5.67. The third-order valence-corrected chi connectivity index (χ3v) is 3.61. The van der Waals surface area contributed by atoms with E-state index >= 15 is 0 Å². The lowest BCUT2D eigenvalue weighted by atomic mass is 10.2. The third kappa shape index (κ3) is 2.89. The molecular formula is C11H11F3N2S2. The minimum Gasteiger partial charge on any atom is -0.331 e. The summed E-state index contributed by atoms with van der Waals surface area (Å²) in [6.07, 6.45) is 0. The number of aryl methyl sites for hydroxylation is 2. The van der Waals surface area contributed by atoms with Gasteiger partial charge in [-0.15, -0.1) is 0 Å². The Balaban J connectivity index is 2.28. The molecular weight excluding hydrogens is 281 g/mol. The molecule has 0 saturated carbocycles. The Bertz CT molecular complexity index is 613. The van der Waals surface area contributed by atoms with Crippen LogP contribution in [0.5, 0.6) is 0 Å². The Morgan fingerprint density at radius 1 is 1.39 bits per heavy atom. The number of hydrogen-bond acceptors (Lipinski definition) is 2. The third-order valence-electron chi connectivity index (χ3n) is 2.58. The Hall–Kier alpha value is -0.950. The topological polar surface area (TPSA) is 20.7 Å². The monoisotopic (exact) mass is 292 g/mol. The number of benzene rings is 1. The molecule has 1 aromatic heterocycles. The van der Waals surface area contributed by atoms with Crippen LogP contribution in [-0.4, -0.2) is 20.8 Å². The number of aromatic nitrogens is 2. The maximum absolute atomic E-state index is 12.1. The number of para-hydroxylation sites is 1. The van der Waals surface area contributed by atoms with Gasteiger partial charge in [0.25, 0.3) is 0 Å². The molecule has 0 amide bonds. The van der Waals surface area contributed by atoms with Crippen LogP contribution < -0.4 is 0 Å². The number of H-pyrrole nitrogens is 1. The highest BCUT2D eigenvalue weighted by atomic mass is 32.2. The predicted octanol–water partition coefficient (Wildman–Crippen LogP) is 4.26. The van der Waals surface area contributed by atoms with E-state index in [9.17, 15) is 13.2 Å². The molecule has 2 nitrogen and oxygen atoms in total. The first-order chi connectivity index (χ1) is 8.38. The molecule has 0 radical (unpaired) electrons. The Labute approximate surface area is 111 Å². The molecule has 0 atom stereocenters. The van der Waals surface area contributed by atoms with Crippen LogP contribution in [0, 0.1) is 11.7 Å². The molecule has 1 N–H and O–H groups in total. The molecule has 7 heteroatoms. The van der Waals surface area contributed by atoms with Gasteiger partial charge < -0.3 is 9.55 Å². The van der Waals surface area contributed by atoms with Crippen LogP contribution in [0.4, 0.5) is 13.2 Å². The van der Waals surface area contributed by atoms with Crippen molar-refractivity contribution >= 4 is 35.0 Å². The first-order valence-electron chi connectivity index (χ1n) is 5.27. The molecule has 0 aliphatic heterocycles. The molecule has 0 fully saturated rings. The van der Waals surface area contributed by atoms with Crippen molar-refractivity contribution in [2.75, 3.05) is 5.75 Å². The fourth-order valence-electron chi connectivity index (χ4n) is 1.87. The zero-order valence-corrected chi connectivity index (χ0v) is 11.2. The summed E-state index contributed by atoms with van der Waals surface area (Å²) in [7, 11) is 0. The fraction of sp³-hybridized carbons (Fsp3) is 0.364. The largest absolute Gasteiger partial charge is 0.441 e. The number of hydrogen-bond donors (Lipinski definition) is 1. The number of rotatable bonds is 3. The van der Waals surface area contributed by atoms with Gasteiger partial charge in [0.15, 0.2) is 4.77 Å². The zero-order valence-electron chi connectivity index (χ0n) is 9.54. The summed E-state index contributed by atoms with van der Waals surface area (Å²) in [6.45, 7) is 2.16. The quantitative estimate of drug-likeness (QED) is 0.853. The Morgan fingerprint density at radius 2 is 2.11 bits per heavy atom. The van der Waals surface area contributed by atoms with Crippen molar-refractivity contribution in [2.45, 2.75) is 19.0 Å². The van der Waals surface area contributed by atoms with Crippen molar-refractivity contribution in [3.8, 4) is 0 Å². The average Bonchev–Trinajstić information content (AvgIpc) is 2.55. The second-order valence-electron chi connectivity index (χ2n) is 3.85. The Morgan fingerprint density at radius 3 is 2.78 bits per heavy atom. The van der Waals surface area contributed by atoms with Crippen molar-refractivity contribution < 1.29 is 13.2 Å². The summed E-state index contributed by atoms with van der Waals surface area (Å²) in [5, 5.41) is 0. The molecule has 1 aromatic carbocycles. The van der Waals surface area contributed by atoms with Gasteiger partial charge in [0, 0.05) is 12.3 Å². The maximum atomic E-state index is 12.1. The molecule has 0 saturated heterocycles. The van der Waals surface area contributed by atoms with E-state index in [-0.39, 0.29) is 24.1 Å². The van der Waals surface area contributed by atoms with Crippen LogP contribution in [0.3, 0.4) is 0 Å². The minimum atomic E-state index is -4.19. The van der Waals surface area contributed by atoms with Gasteiger partial charge in [-0.3, -0.25) is 0 Å². The molecule has 2 aromatic rings. The van der Waals surface area contributed by atoms with E-state index < -0.39 is 5.51 Å². The van der Waals surface area contributed by atoms with Crippen molar-refractivity contribution in [3.63, 3.8) is 0 Å². The van der Waals surface area contributed by atoms with Gasteiger partial charge in [0.05, 0.1) is 11.0 Å². The number of thioether (sulfide) groups is 1. The van der Waals surface area contributed by atoms with Crippen LogP contribution in [-0.2, 0) is 6.54 Å². The maximum Gasteiger partial charge on any atom is 0.441 e. The predicted molar refractivity (Wildman–Crippen MR) is 70.4 cm³/mol. The highest BCUT2D eigenvalue weighted by Crippen LogP contribution is 2.30. The molecule has 0 aliphatic rings. The second-order valence-corrected chi connectivity index (χ2v) is 5.39. The summed E-state index contributed by atoms with van der Waals surface area (Å²) in [5.74, 6) is -0.0426. The molecule has 0 bridgehead atoms. The highest BCUT2D eigenvalue weighted by molar-refractivity contribution is 8.00. The van der Waals surface area contributed by atoms with Crippen molar-refractivity contribution in [2.24, 2.45) is 0 Å². The van der Waals surface area contributed by atoms with E-state index in [1.54, 1.807) is 4.57 Å². The van der Waals surface area contributed by atoms with E-state index in [4.69, 9.17) is 12.2 Å². The Kier molecular flexibility index (Phi) is 3.72. The van der Waals surface area contributed by atoms with E-state index in [1.165, 1.54) is 0 Å². The van der Waals surface area contributed by atoms with E-state index in [2.05, 4.69) is 4.98 Å². The van der Waals surface area contributed by atoms with Gasteiger partial charge in [-0.1, -0.05) is 12.1 Å². The number of alkyl halides is 3. The van der Waals surface area contributed by atoms with Gasteiger partial charge >= 0.3 is 5.51 Å². The number of nitrogens with zero attached hydrogens (tertiary/aromatic N) is 1. The van der Waals surface area contributed by atoms with Crippen molar-refractivity contribution in [1.82, 2.24) is 9.55 Å². The van der Waals surface area contributed by atoms with E-state index in [1.807, 2.05) is 25.1 Å². The molecule has 18 heavy (non-hydrogen) atoms. The fourth-order valence-corrected chi connectivity index (χ4v) is 2.67. The number of imidazole rings is 1. The minimum absolute atomic E-state index is 0.0261. The number of aromatic amines is 1. The molecule has 0 unspecified atom stereocenters. The summed E-state index contributed by atoms with van der Waals surface area (Å²) < 4.78 is 38.5. The lowest BCUT2D eigenvalue weighted by Crippen LogP contribution is -2.07. The molecule has 98 valence electrons. The summed E-state index contributed by atoms with van der Waals surface area (Å²) in [4.78, 5) is 3.00. The second kappa shape index (κ2) is 4.97. The number of nitrogens with one attached hydrogen (secondary N) is 1. The summed E-state index contributed by atoms with van der Waals surface area (Å²) in [5.41, 5.74) is -1.46. The molecule has 0 spiro atoms. The van der Waals surface area contributed by atoms with Crippen LogP contribution in [0.25, 0.3) is 11.0 Å². The van der Waals surface area contributed by atoms with Gasteiger partial charge in [-0.2, -0.15) is 13.2 Å². The van der Waals surface area contributed by atoms with Gasteiger partial charge in [-0.25, -0.2) is 0 Å². The van der Waals surface area contributed by atoms with Gasteiger partial charge in [-0.05, 0) is 42.5 Å². The molecule has 0 aliphatic carbocycles. The van der Waals surface area contributed by atoms with E-state index in [0.29, 0.717) is 4.77 Å². The first-order valence-corrected chi connectivity index (χ1v) is 6.67. The number of fused-ring (bicyclic) bond motifs is 1. The average molecular weight is 292 g/mol. The van der Waals surface area contributed by atoms with Crippen molar-refractivity contribution in [3.05, 3.63) is 28.5 Å². The molecule has 2 rings (SSSR count). The van der Waals surface area contributed by atoms with Gasteiger partial charge in [0.1, 0.15) is 0 Å². The SMILES string of the molecule is Cc1cccc2[nH]c(=S)n(CCSC(F)(F)F)c12. The van der Waals surface area contributed by atoms with Crippen molar-refractivity contribution in [1.29, 1.82) is 0 Å². The van der Waals surface area contributed by atoms with Crippen LogP contribution >= 0.6 is 24.0 Å². The standard InChI is InChI=1S/C11H11F3N2S2/c1-7-3-2-4-8-9(7)16(10(17)15-8)5-6-18-11(12,13)14/h2-4H,5-6H2,1H3,(H,15,17). The smallest absolute Gasteiger partial charge is 0.331 e. The molecule has 1 heterocycles.